The number of nitrogens with one attached hydrogen (secondary N) is 1. The first-order valence-corrected chi connectivity index (χ1v) is 11.4. The van der Waals surface area contributed by atoms with E-state index in [2.05, 4.69) is 10.3 Å². The number of ether oxygens (including phenoxy) is 1. The maximum absolute atomic E-state index is 13.4. The topological polar surface area (TPSA) is 64.4 Å². The van der Waals surface area contributed by atoms with Crippen LogP contribution in [0.2, 0.25) is 0 Å². The number of aryl methyl sites for hydroxylation is 1. The molecule has 0 aliphatic rings. The van der Waals surface area contributed by atoms with Crippen LogP contribution in [0.1, 0.15) is 18.1 Å². The highest BCUT2D eigenvalue weighted by molar-refractivity contribution is 7.22. The van der Waals surface area contributed by atoms with Gasteiger partial charge in [-0.05, 0) is 60.9 Å². The molecule has 0 atom stereocenters. The third-order valence-electron chi connectivity index (χ3n) is 5.60. The average molecular weight is 473 g/mol. The Balaban J connectivity index is 1.47. The van der Waals surface area contributed by atoms with Crippen molar-refractivity contribution in [2.75, 3.05) is 12.4 Å². The summed E-state index contributed by atoms with van der Waals surface area (Å²) in [4.78, 5) is 17.2. The van der Waals surface area contributed by atoms with E-state index in [4.69, 9.17) is 9.15 Å². The molecule has 5 aromatic rings. The van der Waals surface area contributed by atoms with Crippen molar-refractivity contribution >= 4 is 49.1 Å². The van der Waals surface area contributed by atoms with Crippen molar-refractivity contribution in [3.8, 4) is 16.9 Å². The summed E-state index contributed by atoms with van der Waals surface area (Å²) < 4.78 is 25.7. The molecule has 0 radical (unpaired) electrons. The number of anilines is 1. The standard InChI is InChI=1S/C27H21FN2O3S/c1-15-4-9-22-25(10-15)34-27(29-22)30-26(31)11-16(2)19-12-20-21(17-5-7-18(28)8-6-17)14-33-24(20)13-23(19)32-3/h4-14H,1-3H3,(H,29,30,31)/b16-11+. The number of rotatable bonds is 5. The van der Waals surface area contributed by atoms with E-state index >= 15 is 0 Å². The van der Waals surface area contributed by atoms with Crippen molar-refractivity contribution < 1.29 is 18.3 Å². The number of halogens is 1. The molecule has 2 heterocycles. The molecule has 7 heteroatoms. The fourth-order valence-corrected chi connectivity index (χ4v) is 4.85. The first-order chi connectivity index (χ1) is 16.4. The van der Waals surface area contributed by atoms with Crippen LogP contribution in [0.25, 0.3) is 37.9 Å². The predicted octanol–water partition coefficient (Wildman–Crippen LogP) is 7.21. The number of carbonyl (C=O) groups excluding carboxylic acids is 1. The van der Waals surface area contributed by atoms with Crippen molar-refractivity contribution in [3.63, 3.8) is 0 Å². The van der Waals surface area contributed by atoms with Gasteiger partial charge in [0, 0.05) is 28.7 Å². The lowest BCUT2D eigenvalue weighted by Gasteiger charge is -2.10. The Bertz CT molecular complexity index is 1560. The highest BCUT2D eigenvalue weighted by Crippen LogP contribution is 2.37. The number of nitrogens with zero attached hydrogens (tertiary/aromatic N) is 1. The number of thiazole rings is 1. The first-order valence-electron chi connectivity index (χ1n) is 10.6. The maximum Gasteiger partial charge on any atom is 0.250 e. The molecule has 0 aliphatic carbocycles. The van der Waals surface area contributed by atoms with Crippen LogP contribution >= 0.6 is 11.3 Å². The fraction of sp³-hybridized carbons (Fsp3) is 0.111. The number of hydrogen-bond donors (Lipinski definition) is 1. The summed E-state index contributed by atoms with van der Waals surface area (Å²) >= 11 is 1.44. The summed E-state index contributed by atoms with van der Waals surface area (Å²) in [5, 5.41) is 4.25. The minimum atomic E-state index is -0.299. The van der Waals surface area contributed by atoms with E-state index in [0.717, 1.165) is 43.4 Å². The summed E-state index contributed by atoms with van der Waals surface area (Å²) in [6.45, 7) is 3.87. The number of allylic oxidation sites excluding steroid dienone is 1. The zero-order valence-corrected chi connectivity index (χ0v) is 19.6. The smallest absolute Gasteiger partial charge is 0.250 e. The zero-order valence-electron chi connectivity index (χ0n) is 18.8. The Hall–Kier alpha value is -3.97. The fourth-order valence-electron chi connectivity index (χ4n) is 3.89. The number of carbonyl (C=O) groups is 1. The van der Waals surface area contributed by atoms with Gasteiger partial charge in [0.2, 0.25) is 5.91 Å². The summed E-state index contributed by atoms with van der Waals surface area (Å²) in [7, 11) is 1.57. The Morgan fingerprint density at radius 1 is 1.15 bits per heavy atom. The predicted molar refractivity (Wildman–Crippen MR) is 135 cm³/mol. The Labute approximate surface area is 199 Å². The van der Waals surface area contributed by atoms with Crippen LogP contribution in [0.3, 0.4) is 0 Å². The van der Waals surface area contributed by atoms with E-state index in [1.165, 1.54) is 29.5 Å². The molecular weight excluding hydrogens is 451 g/mol. The van der Waals surface area contributed by atoms with Gasteiger partial charge < -0.3 is 9.15 Å². The van der Waals surface area contributed by atoms with Gasteiger partial charge in [-0.3, -0.25) is 10.1 Å². The molecule has 5 nitrogen and oxygen atoms in total. The van der Waals surface area contributed by atoms with Crippen LogP contribution in [0.5, 0.6) is 5.75 Å². The molecule has 0 unspecified atom stereocenters. The summed E-state index contributed by atoms with van der Waals surface area (Å²) in [6.07, 6.45) is 3.17. The summed E-state index contributed by atoms with van der Waals surface area (Å²) in [5.41, 5.74) is 5.79. The molecule has 0 spiro atoms. The van der Waals surface area contributed by atoms with Gasteiger partial charge in [-0.2, -0.15) is 0 Å². The van der Waals surface area contributed by atoms with Gasteiger partial charge in [0.25, 0.3) is 0 Å². The number of amides is 1. The quantitative estimate of drug-likeness (QED) is 0.275. The van der Waals surface area contributed by atoms with E-state index in [-0.39, 0.29) is 11.7 Å². The van der Waals surface area contributed by atoms with Crippen molar-refractivity contribution in [1.82, 2.24) is 4.98 Å². The zero-order chi connectivity index (χ0) is 23.8. The minimum Gasteiger partial charge on any atom is -0.496 e. The van der Waals surface area contributed by atoms with E-state index in [1.54, 1.807) is 31.6 Å². The van der Waals surface area contributed by atoms with Gasteiger partial charge in [-0.1, -0.05) is 29.5 Å². The number of benzene rings is 3. The Morgan fingerprint density at radius 3 is 2.71 bits per heavy atom. The first kappa shape index (κ1) is 21.9. The van der Waals surface area contributed by atoms with Crippen LogP contribution in [-0.2, 0) is 4.79 Å². The lowest BCUT2D eigenvalue weighted by atomic mass is 9.99. The number of furan rings is 1. The van der Waals surface area contributed by atoms with E-state index < -0.39 is 0 Å². The maximum atomic E-state index is 13.4. The second kappa shape index (κ2) is 8.76. The normalized spacial score (nSPS) is 11.8. The van der Waals surface area contributed by atoms with Gasteiger partial charge in [0.15, 0.2) is 5.13 Å². The SMILES string of the molecule is COc1cc2occ(-c3ccc(F)cc3)c2cc1/C(C)=C/C(=O)Nc1nc2ccc(C)cc2s1. The minimum absolute atomic E-state index is 0.277. The van der Waals surface area contributed by atoms with E-state index in [0.29, 0.717) is 16.5 Å². The van der Waals surface area contributed by atoms with E-state index in [9.17, 15) is 9.18 Å². The Kier molecular flexibility index (Phi) is 5.63. The molecule has 0 saturated carbocycles. The molecule has 0 saturated heterocycles. The summed E-state index contributed by atoms with van der Waals surface area (Å²) in [5.74, 6) is 0.0119. The molecule has 5 rings (SSSR count). The summed E-state index contributed by atoms with van der Waals surface area (Å²) in [6, 6.07) is 16.0. The monoisotopic (exact) mass is 472 g/mol. The van der Waals surface area contributed by atoms with Crippen molar-refractivity contribution in [2.45, 2.75) is 13.8 Å². The number of aromatic nitrogens is 1. The molecule has 1 amide bonds. The van der Waals surface area contributed by atoms with Crippen LogP contribution in [0.15, 0.2) is 71.4 Å². The van der Waals surface area contributed by atoms with Crippen LogP contribution < -0.4 is 10.1 Å². The largest absolute Gasteiger partial charge is 0.496 e. The number of methoxy groups -OCH3 is 1. The van der Waals surface area contributed by atoms with Gasteiger partial charge in [-0.15, -0.1) is 0 Å². The molecule has 0 fully saturated rings. The molecule has 0 bridgehead atoms. The van der Waals surface area contributed by atoms with Gasteiger partial charge >= 0.3 is 0 Å². The van der Waals surface area contributed by atoms with Crippen molar-refractivity contribution in [2.24, 2.45) is 0 Å². The molecular formula is C27H21FN2O3S. The van der Waals surface area contributed by atoms with E-state index in [1.807, 2.05) is 38.1 Å². The lowest BCUT2D eigenvalue weighted by Crippen LogP contribution is -2.08. The molecule has 1 N–H and O–H groups in total. The van der Waals surface area contributed by atoms with Crippen LogP contribution in [-0.4, -0.2) is 18.0 Å². The third-order valence-corrected chi connectivity index (χ3v) is 6.53. The molecule has 170 valence electrons. The van der Waals surface area contributed by atoms with Crippen LogP contribution in [0, 0.1) is 12.7 Å². The number of hydrogen-bond acceptors (Lipinski definition) is 5. The molecule has 3 aromatic carbocycles. The van der Waals surface area contributed by atoms with Crippen LogP contribution in [0.4, 0.5) is 9.52 Å². The van der Waals surface area contributed by atoms with Gasteiger partial charge in [0.1, 0.15) is 17.1 Å². The molecule has 34 heavy (non-hydrogen) atoms. The second-order valence-corrected chi connectivity index (χ2v) is 9.04. The average Bonchev–Trinajstić information content (AvgIpc) is 3.41. The van der Waals surface area contributed by atoms with Crippen molar-refractivity contribution in [1.29, 1.82) is 0 Å². The third kappa shape index (κ3) is 4.18. The highest BCUT2D eigenvalue weighted by Gasteiger charge is 2.15. The highest BCUT2D eigenvalue weighted by atomic mass is 32.1. The van der Waals surface area contributed by atoms with Gasteiger partial charge in [0.05, 0.1) is 23.6 Å². The molecule has 2 aromatic heterocycles. The lowest BCUT2D eigenvalue weighted by molar-refractivity contribution is -0.111. The van der Waals surface area contributed by atoms with Gasteiger partial charge in [-0.25, -0.2) is 9.37 Å². The van der Waals surface area contributed by atoms with Crippen molar-refractivity contribution in [3.05, 3.63) is 83.9 Å². The molecule has 0 aliphatic heterocycles. The second-order valence-electron chi connectivity index (χ2n) is 8.01. The number of fused-ring (bicyclic) bond motifs is 2. The Morgan fingerprint density at radius 2 is 1.94 bits per heavy atom.